The van der Waals surface area contributed by atoms with Crippen molar-refractivity contribution in [1.82, 2.24) is 0 Å². The van der Waals surface area contributed by atoms with Gasteiger partial charge in [0.05, 0.1) is 12.2 Å². The third kappa shape index (κ3) is 4.15. The Kier molecular flexibility index (Phi) is 4.68. The summed E-state index contributed by atoms with van der Waals surface area (Å²) in [5, 5.41) is 0. The minimum Gasteiger partial charge on any atom is -0.434 e. The summed E-state index contributed by atoms with van der Waals surface area (Å²) < 4.78 is 47.6. The standard InChI is InChI=1S/C14H17F3O3/c1-5-19-12(18)20-11-8-9(14(15,16)17)6-7-10(11)13(2,3)4/h6-8H,5H2,1-4H3. The van der Waals surface area contributed by atoms with Gasteiger partial charge in [-0.2, -0.15) is 13.2 Å². The highest BCUT2D eigenvalue weighted by molar-refractivity contribution is 5.65. The second-order valence-electron chi connectivity index (χ2n) is 5.24. The van der Waals surface area contributed by atoms with Gasteiger partial charge in [-0.05, 0) is 24.5 Å². The maximum atomic E-state index is 12.7. The maximum absolute atomic E-state index is 12.7. The van der Waals surface area contributed by atoms with Gasteiger partial charge in [0.1, 0.15) is 5.75 Å². The second-order valence-corrected chi connectivity index (χ2v) is 5.24. The van der Waals surface area contributed by atoms with Crippen molar-refractivity contribution in [1.29, 1.82) is 0 Å². The minimum absolute atomic E-state index is 0.0860. The number of carbonyl (C=O) groups is 1. The summed E-state index contributed by atoms with van der Waals surface area (Å²) in [6.07, 6.45) is -5.51. The Bertz CT molecular complexity index is 487. The van der Waals surface area contributed by atoms with E-state index in [-0.39, 0.29) is 12.4 Å². The van der Waals surface area contributed by atoms with Crippen molar-refractivity contribution in [2.24, 2.45) is 0 Å². The predicted octanol–water partition coefficient (Wildman–Crippen LogP) is 4.54. The van der Waals surface area contributed by atoms with Crippen molar-refractivity contribution in [3.63, 3.8) is 0 Å². The molecule has 0 spiro atoms. The summed E-state index contributed by atoms with van der Waals surface area (Å²) in [5.74, 6) is -0.134. The van der Waals surface area contributed by atoms with Crippen molar-refractivity contribution in [3.05, 3.63) is 29.3 Å². The van der Waals surface area contributed by atoms with Crippen LogP contribution < -0.4 is 4.74 Å². The van der Waals surface area contributed by atoms with Gasteiger partial charge in [-0.3, -0.25) is 0 Å². The quantitative estimate of drug-likeness (QED) is 0.592. The number of ether oxygens (including phenoxy) is 2. The largest absolute Gasteiger partial charge is 0.513 e. The molecule has 0 aromatic heterocycles. The number of rotatable bonds is 2. The van der Waals surface area contributed by atoms with E-state index in [1.807, 2.05) is 20.8 Å². The molecule has 0 radical (unpaired) electrons. The zero-order chi connectivity index (χ0) is 15.6. The van der Waals surface area contributed by atoms with Crippen molar-refractivity contribution >= 4 is 6.16 Å². The molecule has 1 aromatic carbocycles. The predicted molar refractivity (Wildman–Crippen MR) is 67.8 cm³/mol. The summed E-state index contributed by atoms with van der Waals surface area (Å²) in [4.78, 5) is 11.3. The van der Waals surface area contributed by atoms with Crippen LogP contribution in [0.25, 0.3) is 0 Å². The number of hydrogen-bond acceptors (Lipinski definition) is 3. The van der Waals surface area contributed by atoms with E-state index in [2.05, 4.69) is 4.74 Å². The van der Waals surface area contributed by atoms with Gasteiger partial charge < -0.3 is 9.47 Å². The molecule has 0 N–H and O–H groups in total. The molecular weight excluding hydrogens is 273 g/mol. The monoisotopic (exact) mass is 290 g/mol. The zero-order valence-corrected chi connectivity index (χ0v) is 11.8. The van der Waals surface area contributed by atoms with Gasteiger partial charge in [0.15, 0.2) is 0 Å². The summed E-state index contributed by atoms with van der Waals surface area (Å²) in [5.41, 5.74) is -0.838. The molecule has 0 heterocycles. The first-order valence-corrected chi connectivity index (χ1v) is 6.12. The summed E-state index contributed by atoms with van der Waals surface area (Å²) >= 11 is 0. The van der Waals surface area contributed by atoms with E-state index >= 15 is 0 Å². The van der Waals surface area contributed by atoms with Crippen LogP contribution in [0.5, 0.6) is 5.75 Å². The Labute approximate surface area is 115 Å². The van der Waals surface area contributed by atoms with Crippen LogP contribution in [0, 0.1) is 0 Å². The average Bonchev–Trinajstić information content (AvgIpc) is 2.26. The number of hydrogen-bond donors (Lipinski definition) is 0. The van der Waals surface area contributed by atoms with Gasteiger partial charge in [0.2, 0.25) is 0 Å². The molecule has 6 heteroatoms. The van der Waals surface area contributed by atoms with E-state index in [0.717, 1.165) is 12.1 Å². The molecule has 1 rings (SSSR count). The molecule has 0 aliphatic rings. The lowest BCUT2D eigenvalue weighted by Gasteiger charge is -2.23. The highest BCUT2D eigenvalue weighted by Gasteiger charge is 2.33. The molecule has 0 bridgehead atoms. The molecule has 0 unspecified atom stereocenters. The molecule has 0 fully saturated rings. The molecule has 0 atom stereocenters. The fourth-order valence-corrected chi connectivity index (χ4v) is 1.64. The van der Waals surface area contributed by atoms with Crippen LogP contribution in [0.4, 0.5) is 18.0 Å². The van der Waals surface area contributed by atoms with E-state index in [1.165, 1.54) is 6.07 Å². The van der Waals surface area contributed by atoms with Crippen molar-refractivity contribution < 1.29 is 27.4 Å². The van der Waals surface area contributed by atoms with Gasteiger partial charge in [-0.15, -0.1) is 0 Å². The lowest BCUT2D eigenvalue weighted by atomic mass is 9.86. The van der Waals surface area contributed by atoms with Gasteiger partial charge in [-0.25, -0.2) is 4.79 Å². The average molecular weight is 290 g/mol. The fraction of sp³-hybridized carbons (Fsp3) is 0.500. The van der Waals surface area contributed by atoms with Crippen LogP contribution in [0.1, 0.15) is 38.8 Å². The molecule has 0 aliphatic carbocycles. The Morgan fingerprint density at radius 3 is 2.25 bits per heavy atom. The number of benzene rings is 1. The Morgan fingerprint density at radius 1 is 1.20 bits per heavy atom. The van der Waals surface area contributed by atoms with Gasteiger partial charge in [-0.1, -0.05) is 26.8 Å². The second kappa shape index (κ2) is 5.73. The van der Waals surface area contributed by atoms with Crippen LogP contribution >= 0.6 is 0 Å². The summed E-state index contributed by atoms with van der Waals surface area (Å²) in [6.45, 7) is 7.11. The van der Waals surface area contributed by atoms with Crippen molar-refractivity contribution in [3.8, 4) is 5.75 Å². The highest BCUT2D eigenvalue weighted by Crippen LogP contribution is 2.37. The number of alkyl halides is 3. The van der Waals surface area contributed by atoms with E-state index in [4.69, 9.17) is 4.74 Å². The summed E-state index contributed by atoms with van der Waals surface area (Å²) in [7, 11) is 0. The Hall–Kier alpha value is -1.72. The van der Waals surface area contributed by atoms with E-state index in [1.54, 1.807) is 6.92 Å². The molecule has 3 nitrogen and oxygen atoms in total. The number of halogens is 3. The fourth-order valence-electron chi connectivity index (χ4n) is 1.64. The van der Waals surface area contributed by atoms with E-state index < -0.39 is 23.3 Å². The highest BCUT2D eigenvalue weighted by atomic mass is 19.4. The Balaban J connectivity index is 3.24. The first-order chi connectivity index (χ1) is 9.05. The van der Waals surface area contributed by atoms with Crippen LogP contribution in [0.3, 0.4) is 0 Å². The first kappa shape index (κ1) is 16.3. The maximum Gasteiger partial charge on any atom is 0.513 e. The van der Waals surface area contributed by atoms with Crippen molar-refractivity contribution in [2.75, 3.05) is 6.61 Å². The number of carbonyl (C=O) groups excluding carboxylic acids is 1. The van der Waals surface area contributed by atoms with Gasteiger partial charge in [0, 0.05) is 5.56 Å². The van der Waals surface area contributed by atoms with Crippen LogP contribution in [0.2, 0.25) is 0 Å². The molecule has 0 amide bonds. The topological polar surface area (TPSA) is 35.5 Å². The van der Waals surface area contributed by atoms with E-state index in [9.17, 15) is 18.0 Å². The zero-order valence-electron chi connectivity index (χ0n) is 11.8. The molecule has 0 saturated heterocycles. The third-order valence-electron chi connectivity index (χ3n) is 2.57. The lowest BCUT2D eigenvalue weighted by molar-refractivity contribution is -0.137. The molecule has 112 valence electrons. The van der Waals surface area contributed by atoms with Crippen LogP contribution in [0.15, 0.2) is 18.2 Å². The van der Waals surface area contributed by atoms with E-state index in [0.29, 0.717) is 5.56 Å². The molecular formula is C14H17F3O3. The molecule has 1 aromatic rings. The van der Waals surface area contributed by atoms with Crippen LogP contribution in [-0.2, 0) is 16.3 Å². The third-order valence-corrected chi connectivity index (χ3v) is 2.57. The van der Waals surface area contributed by atoms with Crippen LogP contribution in [-0.4, -0.2) is 12.8 Å². The molecule has 0 saturated carbocycles. The van der Waals surface area contributed by atoms with Crippen molar-refractivity contribution in [2.45, 2.75) is 39.3 Å². The van der Waals surface area contributed by atoms with Gasteiger partial charge in [0.25, 0.3) is 0 Å². The summed E-state index contributed by atoms with van der Waals surface area (Å²) in [6, 6.07) is 3.10. The molecule has 0 aliphatic heterocycles. The van der Waals surface area contributed by atoms with Gasteiger partial charge >= 0.3 is 12.3 Å². The first-order valence-electron chi connectivity index (χ1n) is 6.12. The minimum atomic E-state index is -4.50. The lowest BCUT2D eigenvalue weighted by Crippen LogP contribution is -2.18. The SMILES string of the molecule is CCOC(=O)Oc1cc(C(F)(F)F)ccc1C(C)(C)C. The molecule has 20 heavy (non-hydrogen) atoms. The smallest absolute Gasteiger partial charge is 0.434 e. The normalized spacial score (nSPS) is 12.2. The Morgan fingerprint density at radius 2 is 1.80 bits per heavy atom.